The minimum Gasteiger partial charge on any atom is -0.444 e. The SMILES string of the molecule is C[C@@H]1CNC[C@H]1NC(=O)OC(C)(C)C.[HH].[HH]. The van der Waals surface area contributed by atoms with Gasteiger partial charge in [0.2, 0.25) is 0 Å². The van der Waals surface area contributed by atoms with Crippen LogP contribution in [0.15, 0.2) is 0 Å². The monoisotopic (exact) mass is 204 g/mol. The molecule has 4 heteroatoms. The van der Waals surface area contributed by atoms with Crippen LogP contribution in [0.3, 0.4) is 0 Å². The fraction of sp³-hybridized carbons (Fsp3) is 0.900. The van der Waals surface area contributed by atoms with E-state index in [2.05, 4.69) is 17.6 Å². The Morgan fingerprint density at radius 1 is 1.50 bits per heavy atom. The smallest absolute Gasteiger partial charge is 0.407 e. The molecule has 1 fully saturated rings. The molecule has 0 aromatic rings. The lowest BCUT2D eigenvalue weighted by Crippen LogP contribution is -2.42. The van der Waals surface area contributed by atoms with Gasteiger partial charge in [0.05, 0.1) is 0 Å². The van der Waals surface area contributed by atoms with Gasteiger partial charge in [0.25, 0.3) is 0 Å². The zero-order valence-electron chi connectivity index (χ0n) is 9.39. The normalized spacial score (nSPS) is 27.4. The quantitative estimate of drug-likeness (QED) is 0.682. The molecule has 0 aromatic heterocycles. The number of alkyl carbamates (subject to hydrolysis) is 1. The average Bonchev–Trinajstić information content (AvgIpc) is 2.32. The molecule has 1 aliphatic rings. The molecular formula is C10H24N2O2. The van der Waals surface area contributed by atoms with Crippen LogP contribution in [-0.2, 0) is 4.74 Å². The first-order valence-electron chi connectivity index (χ1n) is 5.09. The summed E-state index contributed by atoms with van der Waals surface area (Å²) < 4.78 is 5.17. The van der Waals surface area contributed by atoms with E-state index in [4.69, 9.17) is 4.74 Å². The molecule has 1 rings (SSSR count). The number of nitrogens with one attached hydrogen (secondary N) is 2. The second kappa shape index (κ2) is 4.17. The number of hydrogen-bond donors (Lipinski definition) is 2. The van der Waals surface area contributed by atoms with Crippen molar-refractivity contribution in [2.24, 2.45) is 5.92 Å². The van der Waals surface area contributed by atoms with Crippen LogP contribution in [0, 0.1) is 5.92 Å². The Morgan fingerprint density at radius 2 is 2.14 bits per heavy atom. The maximum atomic E-state index is 11.4. The van der Waals surface area contributed by atoms with E-state index in [1.54, 1.807) is 0 Å². The molecule has 86 valence electrons. The summed E-state index contributed by atoms with van der Waals surface area (Å²) in [4.78, 5) is 11.4. The summed E-state index contributed by atoms with van der Waals surface area (Å²) >= 11 is 0. The van der Waals surface area contributed by atoms with E-state index >= 15 is 0 Å². The van der Waals surface area contributed by atoms with E-state index in [1.807, 2.05) is 20.8 Å². The predicted molar refractivity (Wildman–Crippen MR) is 59.4 cm³/mol. The molecule has 2 atom stereocenters. The second-order valence-corrected chi connectivity index (χ2v) is 4.89. The van der Waals surface area contributed by atoms with Gasteiger partial charge in [0.1, 0.15) is 5.60 Å². The van der Waals surface area contributed by atoms with Gasteiger partial charge in [-0.25, -0.2) is 4.79 Å². The third-order valence-corrected chi connectivity index (χ3v) is 2.22. The number of rotatable bonds is 1. The van der Waals surface area contributed by atoms with Gasteiger partial charge >= 0.3 is 6.09 Å². The largest absolute Gasteiger partial charge is 0.444 e. The number of carbonyl (C=O) groups is 1. The van der Waals surface area contributed by atoms with E-state index in [1.165, 1.54) is 0 Å². The van der Waals surface area contributed by atoms with Crippen molar-refractivity contribution in [1.29, 1.82) is 0 Å². The van der Waals surface area contributed by atoms with Crippen molar-refractivity contribution >= 4 is 6.09 Å². The van der Waals surface area contributed by atoms with Crippen molar-refractivity contribution in [3.8, 4) is 0 Å². The highest BCUT2D eigenvalue weighted by molar-refractivity contribution is 5.68. The molecule has 4 nitrogen and oxygen atoms in total. The Hall–Kier alpha value is -0.770. The molecule has 1 amide bonds. The van der Waals surface area contributed by atoms with Gasteiger partial charge in [-0.15, -0.1) is 0 Å². The zero-order valence-corrected chi connectivity index (χ0v) is 9.39. The highest BCUT2D eigenvalue weighted by Gasteiger charge is 2.26. The third-order valence-electron chi connectivity index (χ3n) is 2.22. The topological polar surface area (TPSA) is 50.4 Å². The Kier molecular flexibility index (Phi) is 3.37. The van der Waals surface area contributed by atoms with Crippen molar-refractivity contribution in [3.63, 3.8) is 0 Å². The Bertz CT molecular complexity index is 219. The first-order chi connectivity index (χ1) is 6.38. The Labute approximate surface area is 88.4 Å². The molecule has 1 saturated heterocycles. The van der Waals surface area contributed by atoms with Crippen LogP contribution in [0.1, 0.15) is 30.5 Å². The summed E-state index contributed by atoms with van der Waals surface area (Å²) in [6.07, 6.45) is -0.321. The average molecular weight is 204 g/mol. The van der Waals surface area contributed by atoms with Crippen LogP contribution < -0.4 is 10.6 Å². The molecular weight excluding hydrogens is 180 g/mol. The molecule has 14 heavy (non-hydrogen) atoms. The zero-order chi connectivity index (χ0) is 10.8. The number of hydrogen-bond acceptors (Lipinski definition) is 3. The van der Waals surface area contributed by atoms with Gasteiger partial charge in [0, 0.05) is 15.4 Å². The second-order valence-electron chi connectivity index (χ2n) is 4.89. The summed E-state index contributed by atoms with van der Waals surface area (Å²) in [5.74, 6) is 0.475. The lowest BCUT2D eigenvalue weighted by molar-refractivity contribution is 0.0499. The minimum absolute atomic E-state index is 0. The number of carbonyl (C=O) groups excluding carboxylic acids is 1. The van der Waals surface area contributed by atoms with E-state index in [-0.39, 0.29) is 15.0 Å². The molecule has 0 aliphatic carbocycles. The van der Waals surface area contributed by atoms with Gasteiger partial charge in [-0.3, -0.25) is 0 Å². The van der Waals surface area contributed by atoms with Crippen molar-refractivity contribution in [2.45, 2.75) is 39.3 Å². The molecule has 1 aliphatic heterocycles. The third kappa shape index (κ3) is 3.54. The molecule has 0 spiro atoms. The van der Waals surface area contributed by atoms with Crippen molar-refractivity contribution in [1.82, 2.24) is 10.6 Å². The lowest BCUT2D eigenvalue weighted by atomic mass is 10.1. The Balaban J connectivity index is 0. The van der Waals surface area contributed by atoms with Gasteiger partial charge in [-0.1, -0.05) is 6.92 Å². The summed E-state index contributed by atoms with van der Waals surface area (Å²) in [7, 11) is 0. The fourth-order valence-electron chi connectivity index (χ4n) is 1.46. The highest BCUT2D eigenvalue weighted by Crippen LogP contribution is 2.10. The van der Waals surface area contributed by atoms with Crippen molar-refractivity contribution in [3.05, 3.63) is 0 Å². The van der Waals surface area contributed by atoms with Gasteiger partial charge < -0.3 is 15.4 Å². The summed E-state index contributed by atoms with van der Waals surface area (Å²) in [6, 6.07) is 0.199. The van der Waals surface area contributed by atoms with Crippen LogP contribution >= 0.6 is 0 Å². The van der Waals surface area contributed by atoms with Crippen LogP contribution in [0.2, 0.25) is 0 Å². The van der Waals surface area contributed by atoms with Crippen LogP contribution in [0.5, 0.6) is 0 Å². The summed E-state index contributed by atoms with van der Waals surface area (Å²) in [5.41, 5.74) is -0.417. The molecule has 0 saturated carbocycles. The van der Waals surface area contributed by atoms with Crippen LogP contribution in [0.4, 0.5) is 4.79 Å². The van der Waals surface area contributed by atoms with E-state index < -0.39 is 5.60 Å². The molecule has 0 unspecified atom stereocenters. The van der Waals surface area contributed by atoms with Gasteiger partial charge in [0.15, 0.2) is 0 Å². The maximum Gasteiger partial charge on any atom is 0.407 e. The maximum absolute atomic E-state index is 11.4. The minimum atomic E-state index is -0.417. The molecule has 2 N–H and O–H groups in total. The molecule has 1 heterocycles. The van der Waals surface area contributed by atoms with Crippen LogP contribution in [0.25, 0.3) is 0 Å². The highest BCUT2D eigenvalue weighted by atomic mass is 16.6. The molecule has 0 radical (unpaired) electrons. The number of ether oxygens (including phenoxy) is 1. The van der Waals surface area contributed by atoms with E-state index in [0.29, 0.717) is 5.92 Å². The summed E-state index contributed by atoms with van der Waals surface area (Å²) in [6.45, 7) is 9.50. The first kappa shape index (κ1) is 11.3. The van der Waals surface area contributed by atoms with Gasteiger partial charge in [-0.05, 0) is 33.2 Å². The van der Waals surface area contributed by atoms with E-state index in [9.17, 15) is 4.79 Å². The lowest BCUT2D eigenvalue weighted by Gasteiger charge is -2.22. The first-order valence-corrected chi connectivity index (χ1v) is 5.09. The summed E-state index contributed by atoms with van der Waals surface area (Å²) in [5, 5.41) is 6.08. The number of amides is 1. The van der Waals surface area contributed by atoms with E-state index in [0.717, 1.165) is 13.1 Å². The van der Waals surface area contributed by atoms with Crippen molar-refractivity contribution < 1.29 is 12.4 Å². The molecule has 0 bridgehead atoms. The van der Waals surface area contributed by atoms with Gasteiger partial charge in [-0.2, -0.15) is 0 Å². The fourth-order valence-corrected chi connectivity index (χ4v) is 1.46. The predicted octanol–water partition coefficient (Wildman–Crippen LogP) is 1.61. The van der Waals surface area contributed by atoms with Crippen molar-refractivity contribution in [2.75, 3.05) is 13.1 Å². The molecule has 0 aromatic carbocycles. The van der Waals surface area contributed by atoms with Crippen LogP contribution in [-0.4, -0.2) is 30.8 Å². The standard InChI is InChI=1S/C10H20N2O2.2H2/c1-7-5-11-6-8(7)12-9(13)14-10(2,3)4;;/h7-8,11H,5-6H2,1-4H3,(H,12,13);2*1H/t7-,8-;;/m1../s1. The Morgan fingerprint density at radius 3 is 2.57 bits per heavy atom.